The van der Waals surface area contributed by atoms with Crippen molar-refractivity contribution in [3.8, 4) is 11.8 Å². The number of methoxy groups -OCH3 is 1. The maximum Gasteiger partial charge on any atom is 0.262 e. The number of nitrogens with one attached hydrogen (secondary N) is 1. The standard InChI is InChI=1S/C16H19N3O5S/c1-24-13-10-12-11(16(21,5-6-17)15(20)18-12)9-14(13)25(22,23)19-7-3-2-4-8-19/h9-10,21H,2-5,7-8H2,1H3,(H,18,20). The Kier molecular flexibility index (Phi) is 4.45. The van der Waals surface area contributed by atoms with Crippen molar-refractivity contribution in [1.29, 1.82) is 5.26 Å². The van der Waals surface area contributed by atoms with Crippen molar-refractivity contribution in [2.24, 2.45) is 0 Å². The van der Waals surface area contributed by atoms with Crippen LogP contribution in [0.15, 0.2) is 17.0 Å². The number of nitrogens with zero attached hydrogens (tertiary/aromatic N) is 2. The molecular weight excluding hydrogens is 346 g/mol. The van der Waals surface area contributed by atoms with Crippen molar-refractivity contribution in [2.45, 2.75) is 36.2 Å². The summed E-state index contributed by atoms with van der Waals surface area (Å²) in [6, 6.07) is 4.39. The molecule has 1 aromatic rings. The van der Waals surface area contributed by atoms with Crippen molar-refractivity contribution >= 4 is 21.6 Å². The molecule has 0 aliphatic carbocycles. The van der Waals surface area contributed by atoms with Gasteiger partial charge >= 0.3 is 0 Å². The molecule has 1 saturated heterocycles. The fourth-order valence-electron chi connectivity index (χ4n) is 3.25. The monoisotopic (exact) mass is 365 g/mol. The Balaban J connectivity index is 2.14. The van der Waals surface area contributed by atoms with Gasteiger partial charge in [-0.15, -0.1) is 0 Å². The van der Waals surface area contributed by atoms with Gasteiger partial charge in [0.05, 0.1) is 25.3 Å². The van der Waals surface area contributed by atoms with Crippen molar-refractivity contribution in [2.75, 3.05) is 25.5 Å². The molecule has 8 nitrogen and oxygen atoms in total. The summed E-state index contributed by atoms with van der Waals surface area (Å²) >= 11 is 0. The molecule has 1 fully saturated rings. The molecule has 9 heteroatoms. The van der Waals surface area contributed by atoms with Gasteiger partial charge in [-0.2, -0.15) is 9.57 Å². The lowest BCUT2D eigenvalue weighted by molar-refractivity contribution is -0.133. The van der Waals surface area contributed by atoms with Crippen molar-refractivity contribution < 1.29 is 23.1 Å². The van der Waals surface area contributed by atoms with Gasteiger partial charge in [0.15, 0.2) is 5.60 Å². The quantitative estimate of drug-likeness (QED) is 0.819. The smallest absolute Gasteiger partial charge is 0.262 e. The highest BCUT2D eigenvalue weighted by molar-refractivity contribution is 7.89. The third-order valence-corrected chi connectivity index (χ3v) is 6.56. The van der Waals surface area contributed by atoms with E-state index < -0.39 is 28.0 Å². The van der Waals surface area contributed by atoms with Crippen LogP contribution in [0.25, 0.3) is 0 Å². The van der Waals surface area contributed by atoms with Gasteiger partial charge in [0.2, 0.25) is 10.0 Å². The number of hydrogen-bond donors (Lipinski definition) is 2. The summed E-state index contributed by atoms with van der Waals surface area (Å²) in [5.74, 6) is -0.663. The molecule has 134 valence electrons. The summed E-state index contributed by atoms with van der Waals surface area (Å²) < 4.78 is 32.6. The summed E-state index contributed by atoms with van der Waals surface area (Å²) in [6.07, 6.45) is 2.07. The van der Waals surface area contributed by atoms with Crippen LogP contribution < -0.4 is 10.1 Å². The zero-order valence-corrected chi connectivity index (χ0v) is 14.6. The van der Waals surface area contributed by atoms with Crippen LogP contribution in [-0.2, 0) is 20.4 Å². The molecular formula is C16H19N3O5S. The molecule has 25 heavy (non-hydrogen) atoms. The number of hydrogen-bond acceptors (Lipinski definition) is 6. The molecule has 2 aliphatic rings. The molecule has 2 aliphatic heterocycles. The molecule has 1 amide bonds. The number of sulfonamides is 1. The van der Waals surface area contributed by atoms with E-state index in [0.29, 0.717) is 13.1 Å². The topological polar surface area (TPSA) is 120 Å². The third kappa shape index (κ3) is 2.76. The molecule has 0 spiro atoms. The minimum Gasteiger partial charge on any atom is -0.495 e. The van der Waals surface area contributed by atoms with Crippen LogP contribution in [0.3, 0.4) is 0 Å². The van der Waals surface area contributed by atoms with Crippen LogP contribution in [0.1, 0.15) is 31.2 Å². The number of benzene rings is 1. The molecule has 0 radical (unpaired) electrons. The molecule has 3 rings (SSSR count). The number of carbonyl (C=O) groups excluding carboxylic acids is 1. The lowest BCUT2D eigenvalue weighted by atomic mass is 9.92. The Hall–Kier alpha value is -2.15. The average molecular weight is 365 g/mol. The van der Waals surface area contributed by atoms with Gasteiger partial charge in [-0.3, -0.25) is 4.79 Å². The minimum absolute atomic E-state index is 0.0791. The van der Waals surface area contributed by atoms with Crippen LogP contribution in [0.5, 0.6) is 5.75 Å². The Morgan fingerprint density at radius 2 is 2.04 bits per heavy atom. The van der Waals surface area contributed by atoms with E-state index in [9.17, 15) is 18.3 Å². The van der Waals surface area contributed by atoms with E-state index in [1.165, 1.54) is 23.5 Å². The van der Waals surface area contributed by atoms with Crippen LogP contribution >= 0.6 is 0 Å². The van der Waals surface area contributed by atoms with E-state index in [1.807, 2.05) is 0 Å². The molecule has 1 unspecified atom stereocenters. The zero-order chi connectivity index (χ0) is 18.2. The first-order valence-corrected chi connectivity index (χ1v) is 9.42. The Morgan fingerprint density at radius 3 is 2.64 bits per heavy atom. The molecule has 2 N–H and O–H groups in total. The first kappa shape index (κ1) is 17.7. The van der Waals surface area contributed by atoms with E-state index in [2.05, 4.69) is 5.32 Å². The van der Waals surface area contributed by atoms with Crippen LogP contribution in [0, 0.1) is 11.3 Å². The molecule has 1 aromatic carbocycles. The van der Waals surface area contributed by atoms with E-state index >= 15 is 0 Å². The van der Waals surface area contributed by atoms with Crippen LogP contribution in [0.4, 0.5) is 5.69 Å². The Labute approximate surface area is 146 Å². The maximum absolute atomic E-state index is 13.0. The SMILES string of the molecule is COc1cc2c(cc1S(=O)(=O)N1CCCCC1)C(O)(CC#N)C(=O)N2. The van der Waals surface area contributed by atoms with Crippen molar-refractivity contribution in [3.63, 3.8) is 0 Å². The summed E-state index contributed by atoms with van der Waals surface area (Å²) in [7, 11) is -2.49. The lowest BCUT2D eigenvalue weighted by Gasteiger charge is -2.27. The summed E-state index contributed by atoms with van der Waals surface area (Å²) in [4.78, 5) is 12.0. The number of carbonyl (C=O) groups is 1. The van der Waals surface area contributed by atoms with Gasteiger partial charge in [-0.25, -0.2) is 8.42 Å². The predicted molar refractivity (Wildman–Crippen MR) is 88.4 cm³/mol. The fourth-order valence-corrected chi connectivity index (χ4v) is 4.93. The summed E-state index contributed by atoms with van der Waals surface area (Å²) in [6.45, 7) is 0.838. The molecule has 0 aromatic heterocycles. The zero-order valence-electron chi connectivity index (χ0n) is 13.8. The number of anilines is 1. The number of nitriles is 1. The highest BCUT2D eigenvalue weighted by atomic mass is 32.2. The van der Waals surface area contributed by atoms with E-state index in [0.717, 1.165) is 19.3 Å². The largest absolute Gasteiger partial charge is 0.495 e. The Bertz CT molecular complexity index is 855. The lowest BCUT2D eigenvalue weighted by Crippen LogP contribution is -2.36. The first-order chi connectivity index (χ1) is 11.8. The molecule has 0 bridgehead atoms. The van der Waals surface area contributed by atoms with Gasteiger partial charge in [-0.05, 0) is 18.9 Å². The minimum atomic E-state index is -3.83. The fraction of sp³-hybridized carbons (Fsp3) is 0.500. The maximum atomic E-state index is 13.0. The summed E-state index contributed by atoms with van der Waals surface area (Å²) in [5.41, 5.74) is -1.74. The van der Waals surface area contributed by atoms with E-state index in [1.54, 1.807) is 6.07 Å². The van der Waals surface area contributed by atoms with Crippen molar-refractivity contribution in [3.05, 3.63) is 17.7 Å². The average Bonchev–Trinajstić information content (AvgIpc) is 2.85. The second-order valence-electron chi connectivity index (χ2n) is 6.16. The van der Waals surface area contributed by atoms with Gasteiger partial charge in [0, 0.05) is 24.7 Å². The number of amides is 1. The number of piperidine rings is 1. The molecule has 0 saturated carbocycles. The number of ether oxygens (including phenoxy) is 1. The third-order valence-electron chi connectivity index (χ3n) is 4.64. The molecule has 2 heterocycles. The van der Waals surface area contributed by atoms with Gasteiger partial charge in [0.25, 0.3) is 5.91 Å². The second kappa shape index (κ2) is 6.29. The first-order valence-electron chi connectivity index (χ1n) is 7.98. The Morgan fingerprint density at radius 1 is 1.36 bits per heavy atom. The van der Waals surface area contributed by atoms with Crippen LogP contribution in [-0.4, -0.2) is 43.9 Å². The molecule has 1 atom stereocenters. The highest BCUT2D eigenvalue weighted by Crippen LogP contribution is 2.43. The number of rotatable bonds is 4. The van der Waals surface area contributed by atoms with Gasteiger partial charge in [-0.1, -0.05) is 6.42 Å². The van der Waals surface area contributed by atoms with Gasteiger partial charge in [0.1, 0.15) is 10.6 Å². The number of fused-ring (bicyclic) bond motifs is 1. The van der Waals surface area contributed by atoms with E-state index in [-0.39, 0.29) is 21.9 Å². The normalized spacial score (nSPS) is 23.6. The number of aliphatic hydroxyl groups is 1. The van der Waals surface area contributed by atoms with Crippen LogP contribution in [0.2, 0.25) is 0 Å². The second-order valence-corrected chi connectivity index (χ2v) is 8.07. The van der Waals surface area contributed by atoms with Gasteiger partial charge < -0.3 is 15.2 Å². The van der Waals surface area contributed by atoms with Crippen molar-refractivity contribution in [1.82, 2.24) is 4.31 Å². The predicted octanol–water partition coefficient (Wildman–Crippen LogP) is 0.923. The highest BCUT2D eigenvalue weighted by Gasteiger charge is 2.47. The van der Waals surface area contributed by atoms with E-state index in [4.69, 9.17) is 10.00 Å². The summed E-state index contributed by atoms with van der Waals surface area (Å²) in [5, 5.41) is 22.0.